The maximum Gasteiger partial charge on any atom is 0.133 e. The maximum atomic E-state index is 6.07. The summed E-state index contributed by atoms with van der Waals surface area (Å²) in [6.45, 7) is 2.16. The van der Waals surface area contributed by atoms with E-state index in [-0.39, 0.29) is 0 Å². The zero-order chi connectivity index (χ0) is 13.4. The van der Waals surface area contributed by atoms with Gasteiger partial charge >= 0.3 is 0 Å². The van der Waals surface area contributed by atoms with Crippen molar-refractivity contribution < 1.29 is 0 Å². The van der Waals surface area contributed by atoms with Crippen LogP contribution in [0.3, 0.4) is 0 Å². The van der Waals surface area contributed by atoms with Crippen LogP contribution < -0.4 is 4.90 Å². The van der Waals surface area contributed by atoms with Crippen molar-refractivity contribution in [2.24, 2.45) is 0 Å². The predicted molar refractivity (Wildman–Crippen MR) is 82.9 cm³/mol. The van der Waals surface area contributed by atoms with Crippen molar-refractivity contribution in [3.05, 3.63) is 22.3 Å². The smallest absolute Gasteiger partial charge is 0.133 e. The van der Waals surface area contributed by atoms with Crippen molar-refractivity contribution in [1.29, 1.82) is 0 Å². The van der Waals surface area contributed by atoms with Gasteiger partial charge in [-0.3, -0.25) is 4.90 Å². The van der Waals surface area contributed by atoms with Crippen molar-refractivity contribution in [3.8, 4) is 0 Å². The number of aromatic nitrogens is 1. The molecule has 2 atom stereocenters. The molecule has 2 aliphatic rings. The number of anilines is 1. The highest BCUT2D eigenvalue weighted by Crippen LogP contribution is 2.32. The zero-order valence-electron chi connectivity index (χ0n) is 11.1. The Bertz CT molecular complexity index is 468. The predicted octanol–water partition coefficient (Wildman–Crippen LogP) is 3.26. The lowest BCUT2D eigenvalue weighted by atomic mass is 10.1. The molecule has 2 saturated heterocycles. The van der Waals surface area contributed by atoms with E-state index in [2.05, 4.69) is 43.8 Å². The molecular weight excluding hydrogens is 326 g/mol. The summed E-state index contributed by atoms with van der Waals surface area (Å²) in [6, 6.07) is 3.51. The van der Waals surface area contributed by atoms with E-state index in [0.29, 0.717) is 11.9 Å². The first-order valence-electron chi connectivity index (χ1n) is 6.86. The van der Waals surface area contributed by atoms with Crippen LogP contribution in [0, 0.1) is 0 Å². The van der Waals surface area contributed by atoms with Crippen LogP contribution in [0.1, 0.15) is 24.8 Å². The van der Waals surface area contributed by atoms with Gasteiger partial charge in [0.2, 0.25) is 0 Å². The van der Waals surface area contributed by atoms with Gasteiger partial charge in [-0.25, -0.2) is 4.98 Å². The third-order valence-corrected chi connectivity index (χ3v) is 5.22. The van der Waals surface area contributed by atoms with Crippen LogP contribution in [0.5, 0.6) is 0 Å². The molecule has 0 radical (unpaired) electrons. The van der Waals surface area contributed by atoms with Crippen molar-refractivity contribution in [2.45, 2.75) is 37.2 Å². The number of hydrogen-bond donors (Lipinski definition) is 0. The summed E-state index contributed by atoms with van der Waals surface area (Å²) >= 11 is 9.54. The molecule has 0 N–H and O–H groups in total. The van der Waals surface area contributed by atoms with E-state index < -0.39 is 0 Å². The minimum atomic E-state index is 0.516. The van der Waals surface area contributed by atoms with E-state index >= 15 is 0 Å². The molecule has 0 saturated carbocycles. The van der Waals surface area contributed by atoms with Crippen molar-refractivity contribution in [2.75, 3.05) is 25.0 Å². The van der Waals surface area contributed by atoms with Gasteiger partial charge in [-0.15, -0.1) is 11.6 Å². The summed E-state index contributed by atoms with van der Waals surface area (Å²) in [5.41, 5.74) is 1.12. The first-order chi connectivity index (χ1) is 9.19. The summed E-state index contributed by atoms with van der Waals surface area (Å²) in [4.78, 5) is 9.57. The Morgan fingerprint density at radius 1 is 1.37 bits per heavy atom. The van der Waals surface area contributed by atoms with Gasteiger partial charge in [0.25, 0.3) is 0 Å². The molecule has 2 fully saturated rings. The topological polar surface area (TPSA) is 19.4 Å². The molecule has 0 spiro atoms. The number of halogens is 2. The largest absolute Gasteiger partial charge is 0.355 e. The number of nitrogens with zero attached hydrogens (tertiary/aromatic N) is 3. The Hall–Kier alpha value is -0.320. The number of likely N-dealkylation sites (N-methyl/N-ethyl adjacent to an activating group) is 1. The lowest BCUT2D eigenvalue weighted by Gasteiger charge is -2.28. The van der Waals surface area contributed by atoms with Crippen LogP contribution in [0.2, 0.25) is 0 Å². The average molecular weight is 345 g/mol. The van der Waals surface area contributed by atoms with E-state index in [4.69, 9.17) is 11.6 Å². The highest BCUT2D eigenvalue weighted by molar-refractivity contribution is 9.10. The van der Waals surface area contributed by atoms with Gasteiger partial charge in [-0.05, 0) is 48.3 Å². The Labute approximate surface area is 128 Å². The lowest BCUT2D eigenvalue weighted by molar-refractivity contribution is 0.254. The van der Waals surface area contributed by atoms with Crippen molar-refractivity contribution >= 4 is 33.3 Å². The monoisotopic (exact) mass is 343 g/mol. The minimum absolute atomic E-state index is 0.516. The molecule has 0 aliphatic carbocycles. The summed E-state index contributed by atoms with van der Waals surface area (Å²) in [7, 11) is 2.27. The van der Waals surface area contributed by atoms with E-state index in [1.807, 2.05) is 6.20 Å². The Morgan fingerprint density at radius 2 is 2.16 bits per heavy atom. The normalized spacial score (nSPS) is 27.6. The molecule has 104 valence electrons. The number of alkyl halides is 1. The second-order valence-electron chi connectivity index (χ2n) is 5.56. The molecule has 1 aromatic heterocycles. The summed E-state index contributed by atoms with van der Waals surface area (Å²) < 4.78 is 1.00. The van der Waals surface area contributed by atoms with E-state index in [9.17, 15) is 0 Å². The molecule has 2 aliphatic heterocycles. The first-order valence-corrected chi connectivity index (χ1v) is 8.19. The number of rotatable bonds is 2. The fourth-order valence-electron chi connectivity index (χ4n) is 3.36. The summed E-state index contributed by atoms with van der Waals surface area (Å²) in [5.74, 6) is 1.58. The number of hydrogen-bond acceptors (Lipinski definition) is 3. The van der Waals surface area contributed by atoms with Gasteiger partial charge in [0.15, 0.2) is 0 Å². The van der Waals surface area contributed by atoms with Gasteiger partial charge in [0.1, 0.15) is 5.82 Å². The third kappa shape index (κ3) is 2.63. The number of fused-ring (bicyclic) bond motifs is 2. The summed E-state index contributed by atoms with van der Waals surface area (Å²) in [5, 5.41) is 0. The van der Waals surface area contributed by atoms with Gasteiger partial charge in [-0.1, -0.05) is 0 Å². The van der Waals surface area contributed by atoms with Gasteiger partial charge in [0, 0.05) is 41.4 Å². The Morgan fingerprint density at radius 3 is 2.95 bits per heavy atom. The van der Waals surface area contributed by atoms with Crippen LogP contribution >= 0.6 is 27.5 Å². The molecule has 1 aromatic rings. The van der Waals surface area contributed by atoms with E-state index in [0.717, 1.165) is 35.0 Å². The molecule has 2 bridgehead atoms. The molecular formula is C14H19BrClN3. The molecule has 2 unspecified atom stereocenters. The third-order valence-electron chi connectivity index (χ3n) is 4.50. The molecule has 3 nitrogen and oxygen atoms in total. The highest BCUT2D eigenvalue weighted by atomic mass is 79.9. The molecule has 5 heteroatoms. The molecule has 0 aromatic carbocycles. The zero-order valence-corrected chi connectivity index (χ0v) is 13.5. The van der Waals surface area contributed by atoms with E-state index in [1.165, 1.54) is 19.3 Å². The molecule has 19 heavy (non-hydrogen) atoms. The van der Waals surface area contributed by atoms with Gasteiger partial charge < -0.3 is 4.90 Å². The van der Waals surface area contributed by atoms with Crippen molar-refractivity contribution in [3.63, 3.8) is 0 Å². The van der Waals surface area contributed by atoms with Gasteiger partial charge in [-0.2, -0.15) is 0 Å². The molecule has 3 heterocycles. The first kappa shape index (κ1) is 13.7. The van der Waals surface area contributed by atoms with Crippen molar-refractivity contribution in [1.82, 2.24) is 9.88 Å². The van der Waals surface area contributed by atoms with E-state index in [1.54, 1.807) is 0 Å². The van der Waals surface area contributed by atoms with Crippen LogP contribution in [-0.4, -0.2) is 42.1 Å². The van der Waals surface area contributed by atoms with Crippen LogP contribution in [-0.2, 0) is 5.88 Å². The molecule has 0 amide bonds. The number of pyridine rings is 1. The van der Waals surface area contributed by atoms with Crippen LogP contribution in [0.25, 0.3) is 0 Å². The maximum absolute atomic E-state index is 6.07. The Balaban J connectivity index is 1.86. The van der Waals surface area contributed by atoms with Crippen LogP contribution in [0.4, 0.5) is 5.82 Å². The quantitative estimate of drug-likeness (QED) is 0.768. The Kier molecular flexibility index (Phi) is 4.01. The fourth-order valence-corrected chi connectivity index (χ4v) is 3.93. The second-order valence-corrected chi connectivity index (χ2v) is 6.74. The second kappa shape index (κ2) is 5.58. The average Bonchev–Trinajstić information content (AvgIpc) is 2.64. The minimum Gasteiger partial charge on any atom is -0.355 e. The SMILES string of the molecule is CN1C2CCC1CN(c1ncc(Br)cc1CCl)CC2. The molecule has 3 rings (SSSR count). The lowest BCUT2D eigenvalue weighted by Crippen LogP contribution is -2.37. The van der Waals surface area contributed by atoms with Crippen LogP contribution in [0.15, 0.2) is 16.7 Å². The summed E-state index contributed by atoms with van der Waals surface area (Å²) in [6.07, 6.45) is 5.76. The van der Waals surface area contributed by atoms with Gasteiger partial charge in [0.05, 0.1) is 5.88 Å². The fraction of sp³-hybridized carbons (Fsp3) is 0.643. The highest BCUT2D eigenvalue weighted by Gasteiger charge is 2.35. The standard InChI is InChI=1S/C14H19BrClN3/c1-18-12-2-3-13(18)9-19(5-4-12)14-10(7-16)6-11(15)8-17-14/h6,8,12-13H,2-5,7,9H2,1H3.